The molecular formula is C8H11N3O. The minimum atomic E-state index is 0.0527. The van der Waals surface area contributed by atoms with Crippen LogP contribution >= 0.6 is 0 Å². The molecule has 4 heteroatoms. The molecule has 1 atom stereocenters. The van der Waals surface area contributed by atoms with E-state index in [1.165, 1.54) is 0 Å². The summed E-state index contributed by atoms with van der Waals surface area (Å²) in [4.78, 5) is 0. The Kier molecular flexibility index (Phi) is 1.91. The summed E-state index contributed by atoms with van der Waals surface area (Å²) in [5.74, 6) is 0.0527. The topological polar surface area (TPSA) is 58.0 Å². The normalized spacial score (nSPS) is 22.8. The molecule has 0 amide bonds. The van der Waals surface area contributed by atoms with Gasteiger partial charge in [0.05, 0.1) is 6.20 Å². The fourth-order valence-electron chi connectivity index (χ4n) is 1.56. The highest BCUT2D eigenvalue weighted by Crippen LogP contribution is 2.27. The van der Waals surface area contributed by atoms with Crippen LogP contribution in [0.3, 0.4) is 0 Å². The first-order valence-electron chi connectivity index (χ1n) is 4.12. The Morgan fingerprint density at radius 3 is 3.17 bits per heavy atom. The number of nitrogens with one attached hydrogen (secondary N) is 1. The van der Waals surface area contributed by atoms with Crippen molar-refractivity contribution >= 4 is 0 Å². The summed E-state index contributed by atoms with van der Waals surface area (Å²) >= 11 is 0. The van der Waals surface area contributed by atoms with Gasteiger partial charge in [-0.2, -0.15) is 5.10 Å². The summed E-state index contributed by atoms with van der Waals surface area (Å²) in [6, 6.07) is 2.08. The van der Waals surface area contributed by atoms with Crippen LogP contribution in [0.1, 0.15) is 24.4 Å². The zero-order chi connectivity index (χ0) is 8.39. The molecule has 0 bridgehead atoms. The van der Waals surface area contributed by atoms with Gasteiger partial charge in [0.1, 0.15) is 0 Å². The molecule has 1 aliphatic rings. The monoisotopic (exact) mass is 165 g/mol. The lowest BCUT2D eigenvalue weighted by molar-refractivity contribution is 0.427. The number of hydrogen-bond donors (Lipinski definition) is 2. The van der Waals surface area contributed by atoms with Gasteiger partial charge in [0.15, 0.2) is 0 Å². The predicted molar refractivity (Wildman–Crippen MR) is 43.7 cm³/mol. The SMILES string of the molecule is Oc1nnccc1C1CCCN1. The van der Waals surface area contributed by atoms with Gasteiger partial charge in [-0.25, -0.2) is 0 Å². The molecule has 1 unspecified atom stereocenters. The van der Waals surface area contributed by atoms with Crippen molar-refractivity contribution in [2.45, 2.75) is 18.9 Å². The number of rotatable bonds is 1. The molecule has 2 rings (SSSR count). The first kappa shape index (κ1) is 7.49. The van der Waals surface area contributed by atoms with Crippen LogP contribution in [0, 0.1) is 0 Å². The van der Waals surface area contributed by atoms with Gasteiger partial charge in [0.2, 0.25) is 5.88 Å². The van der Waals surface area contributed by atoms with Gasteiger partial charge in [0.25, 0.3) is 0 Å². The van der Waals surface area contributed by atoms with E-state index in [0.717, 1.165) is 24.9 Å². The fraction of sp³-hybridized carbons (Fsp3) is 0.500. The number of aromatic hydroxyl groups is 1. The second kappa shape index (κ2) is 3.06. The fourth-order valence-corrected chi connectivity index (χ4v) is 1.56. The Morgan fingerprint density at radius 2 is 2.50 bits per heavy atom. The summed E-state index contributed by atoms with van der Waals surface area (Å²) in [6.45, 7) is 1.02. The van der Waals surface area contributed by atoms with Gasteiger partial charge in [-0.3, -0.25) is 0 Å². The molecule has 0 radical (unpaired) electrons. The first-order valence-corrected chi connectivity index (χ1v) is 4.12. The molecule has 1 aromatic heterocycles. The second-order valence-electron chi connectivity index (χ2n) is 2.96. The summed E-state index contributed by atoms with van der Waals surface area (Å²) in [5, 5.41) is 19.8. The van der Waals surface area contributed by atoms with Crippen molar-refractivity contribution in [2.75, 3.05) is 6.54 Å². The molecule has 1 aliphatic heterocycles. The van der Waals surface area contributed by atoms with E-state index in [4.69, 9.17) is 0 Å². The zero-order valence-corrected chi connectivity index (χ0v) is 6.70. The Hall–Kier alpha value is -1.16. The second-order valence-corrected chi connectivity index (χ2v) is 2.96. The van der Waals surface area contributed by atoms with Crippen molar-refractivity contribution < 1.29 is 5.11 Å². The van der Waals surface area contributed by atoms with E-state index in [0.29, 0.717) is 0 Å². The highest BCUT2D eigenvalue weighted by Gasteiger charge is 2.19. The van der Waals surface area contributed by atoms with Crippen molar-refractivity contribution in [3.05, 3.63) is 17.8 Å². The van der Waals surface area contributed by atoms with Gasteiger partial charge < -0.3 is 10.4 Å². The van der Waals surface area contributed by atoms with Crippen LogP contribution < -0.4 is 5.32 Å². The Morgan fingerprint density at radius 1 is 1.58 bits per heavy atom. The van der Waals surface area contributed by atoms with Crippen LogP contribution in [0.5, 0.6) is 5.88 Å². The van der Waals surface area contributed by atoms with Crippen molar-refractivity contribution in [1.82, 2.24) is 15.5 Å². The molecule has 12 heavy (non-hydrogen) atoms. The van der Waals surface area contributed by atoms with Gasteiger partial charge in [-0.05, 0) is 25.5 Å². The summed E-state index contributed by atoms with van der Waals surface area (Å²) in [7, 11) is 0. The van der Waals surface area contributed by atoms with Crippen LogP contribution in [-0.4, -0.2) is 21.8 Å². The van der Waals surface area contributed by atoms with Crippen molar-refractivity contribution in [3.8, 4) is 5.88 Å². The largest absolute Gasteiger partial charge is 0.492 e. The van der Waals surface area contributed by atoms with E-state index < -0.39 is 0 Å². The van der Waals surface area contributed by atoms with Crippen molar-refractivity contribution in [2.24, 2.45) is 0 Å². The number of nitrogens with zero attached hydrogens (tertiary/aromatic N) is 2. The van der Waals surface area contributed by atoms with E-state index in [1.807, 2.05) is 6.07 Å². The standard InChI is InChI=1S/C8H11N3O/c12-8-6(3-5-10-11-8)7-2-1-4-9-7/h3,5,7,9H,1-2,4H2,(H,11,12). The Bertz CT molecular complexity index is 271. The third-order valence-corrected chi connectivity index (χ3v) is 2.17. The van der Waals surface area contributed by atoms with Crippen LogP contribution in [0.15, 0.2) is 12.3 Å². The summed E-state index contributed by atoms with van der Waals surface area (Å²) < 4.78 is 0. The van der Waals surface area contributed by atoms with E-state index >= 15 is 0 Å². The van der Waals surface area contributed by atoms with E-state index in [9.17, 15) is 5.11 Å². The molecule has 64 valence electrons. The molecular weight excluding hydrogens is 154 g/mol. The van der Waals surface area contributed by atoms with Crippen LogP contribution in [0.25, 0.3) is 0 Å². The van der Waals surface area contributed by atoms with Gasteiger partial charge >= 0.3 is 0 Å². The molecule has 1 saturated heterocycles. The van der Waals surface area contributed by atoms with Crippen LogP contribution in [-0.2, 0) is 0 Å². The Balaban J connectivity index is 2.26. The third-order valence-electron chi connectivity index (χ3n) is 2.17. The van der Waals surface area contributed by atoms with E-state index in [-0.39, 0.29) is 11.9 Å². The third kappa shape index (κ3) is 1.25. The molecule has 1 fully saturated rings. The van der Waals surface area contributed by atoms with E-state index in [1.54, 1.807) is 6.20 Å². The van der Waals surface area contributed by atoms with Crippen molar-refractivity contribution in [3.63, 3.8) is 0 Å². The predicted octanol–water partition coefficient (Wildman–Crippen LogP) is 0.607. The highest BCUT2D eigenvalue weighted by atomic mass is 16.3. The molecule has 0 saturated carbocycles. The average Bonchev–Trinajstić information content (AvgIpc) is 2.57. The maximum Gasteiger partial charge on any atom is 0.235 e. The minimum absolute atomic E-state index is 0.0527. The molecule has 2 heterocycles. The molecule has 0 spiro atoms. The lowest BCUT2D eigenvalue weighted by atomic mass is 10.1. The van der Waals surface area contributed by atoms with Gasteiger partial charge in [-0.15, -0.1) is 5.10 Å². The molecule has 1 aromatic rings. The smallest absolute Gasteiger partial charge is 0.235 e. The Labute approximate surface area is 70.6 Å². The van der Waals surface area contributed by atoms with E-state index in [2.05, 4.69) is 15.5 Å². The average molecular weight is 165 g/mol. The molecule has 2 N–H and O–H groups in total. The lowest BCUT2D eigenvalue weighted by Crippen LogP contribution is -2.13. The molecule has 4 nitrogen and oxygen atoms in total. The summed E-state index contributed by atoms with van der Waals surface area (Å²) in [6.07, 6.45) is 3.83. The minimum Gasteiger partial charge on any atom is -0.492 e. The molecule has 0 aromatic carbocycles. The molecule has 0 aliphatic carbocycles. The number of aromatic nitrogens is 2. The zero-order valence-electron chi connectivity index (χ0n) is 6.70. The van der Waals surface area contributed by atoms with Crippen LogP contribution in [0.2, 0.25) is 0 Å². The maximum atomic E-state index is 9.36. The number of hydrogen-bond acceptors (Lipinski definition) is 4. The van der Waals surface area contributed by atoms with Gasteiger partial charge in [-0.1, -0.05) is 0 Å². The quantitative estimate of drug-likeness (QED) is 0.640. The van der Waals surface area contributed by atoms with Gasteiger partial charge in [0, 0.05) is 11.6 Å². The van der Waals surface area contributed by atoms with Crippen LogP contribution in [0.4, 0.5) is 0 Å². The van der Waals surface area contributed by atoms with Crippen molar-refractivity contribution in [1.29, 1.82) is 0 Å². The lowest BCUT2D eigenvalue weighted by Gasteiger charge is -2.09. The maximum absolute atomic E-state index is 9.36. The summed E-state index contributed by atoms with van der Waals surface area (Å²) in [5.41, 5.74) is 0.863. The highest BCUT2D eigenvalue weighted by molar-refractivity contribution is 5.26. The first-order chi connectivity index (χ1) is 5.88.